The topological polar surface area (TPSA) is 32.8 Å². The van der Waals surface area contributed by atoms with Gasteiger partial charge in [0, 0.05) is 39.1 Å². The van der Waals surface area contributed by atoms with E-state index in [1.54, 1.807) is 0 Å². The lowest BCUT2D eigenvalue weighted by atomic mass is 10.2. The van der Waals surface area contributed by atoms with Gasteiger partial charge in [0.2, 0.25) is 5.91 Å². The van der Waals surface area contributed by atoms with Crippen LogP contribution in [-0.4, -0.2) is 55.0 Å². The Morgan fingerprint density at radius 3 is 2.55 bits per heavy atom. The van der Waals surface area contributed by atoms with Gasteiger partial charge in [0.15, 0.2) is 0 Å². The van der Waals surface area contributed by atoms with Crippen LogP contribution in [0.2, 0.25) is 0 Å². The molecule has 1 aromatic rings. The van der Waals surface area contributed by atoms with Gasteiger partial charge in [0.1, 0.15) is 12.4 Å². The number of carbonyl (C=O) groups is 1. The van der Waals surface area contributed by atoms with Gasteiger partial charge in [0.25, 0.3) is 0 Å². The van der Waals surface area contributed by atoms with Crippen molar-refractivity contribution in [2.24, 2.45) is 0 Å². The summed E-state index contributed by atoms with van der Waals surface area (Å²) in [6.07, 6.45) is 0.608. The summed E-state index contributed by atoms with van der Waals surface area (Å²) in [5.41, 5.74) is 1.17. The van der Waals surface area contributed by atoms with Crippen molar-refractivity contribution < 1.29 is 9.53 Å². The number of ether oxygens (including phenoxy) is 1. The van der Waals surface area contributed by atoms with Crippen LogP contribution in [0, 0.1) is 6.92 Å². The van der Waals surface area contributed by atoms with Crippen molar-refractivity contribution in [3.05, 3.63) is 29.8 Å². The summed E-state index contributed by atoms with van der Waals surface area (Å²) in [4.78, 5) is 15.9. The smallest absolute Gasteiger partial charge is 0.222 e. The maximum atomic E-state index is 11.6. The highest BCUT2D eigenvalue weighted by atomic mass is 16.5. The first-order chi connectivity index (χ1) is 9.70. The van der Waals surface area contributed by atoms with Crippen LogP contribution in [0.5, 0.6) is 5.75 Å². The Kier molecular flexibility index (Phi) is 5.41. The molecule has 0 radical (unpaired) electrons. The Labute approximate surface area is 121 Å². The van der Waals surface area contributed by atoms with Gasteiger partial charge in [-0.25, -0.2) is 0 Å². The van der Waals surface area contributed by atoms with Gasteiger partial charge in [0.05, 0.1) is 0 Å². The molecule has 1 aromatic carbocycles. The van der Waals surface area contributed by atoms with Gasteiger partial charge in [-0.2, -0.15) is 0 Å². The first kappa shape index (κ1) is 14.9. The first-order valence-electron chi connectivity index (χ1n) is 7.39. The van der Waals surface area contributed by atoms with E-state index in [-0.39, 0.29) is 5.91 Å². The second kappa shape index (κ2) is 7.29. The zero-order chi connectivity index (χ0) is 14.4. The van der Waals surface area contributed by atoms with Crippen molar-refractivity contribution in [1.82, 2.24) is 9.80 Å². The number of aryl methyl sites for hydroxylation is 1. The van der Waals surface area contributed by atoms with Gasteiger partial charge in [-0.3, -0.25) is 9.69 Å². The van der Waals surface area contributed by atoms with Crippen LogP contribution >= 0.6 is 0 Å². The van der Waals surface area contributed by atoms with E-state index in [4.69, 9.17) is 4.74 Å². The average Bonchev–Trinajstić information content (AvgIpc) is 2.49. The molecule has 4 heteroatoms. The van der Waals surface area contributed by atoms with Gasteiger partial charge < -0.3 is 9.64 Å². The third-order valence-corrected chi connectivity index (χ3v) is 3.79. The number of amides is 1. The predicted molar refractivity (Wildman–Crippen MR) is 80.0 cm³/mol. The van der Waals surface area contributed by atoms with Gasteiger partial charge >= 0.3 is 0 Å². The largest absolute Gasteiger partial charge is 0.492 e. The highest BCUT2D eigenvalue weighted by Gasteiger charge is 2.19. The lowest BCUT2D eigenvalue weighted by Crippen LogP contribution is -2.49. The summed E-state index contributed by atoms with van der Waals surface area (Å²) in [6.45, 7) is 9.18. The zero-order valence-corrected chi connectivity index (χ0v) is 12.5. The van der Waals surface area contributed by atoms with E-state index in [1.807, 2.05) is 30.0 Å². The van der Waals surface area contributed by atoms with E-state index in [0.717, 1.165) is 38.5 Å². The summed E-state index contributed by atoms with van der Waals surface area (Å²) in [6, 6.07) is 8.08. The molecule has 1 aliphatic rings. The number of hydrogen-bond acceptors (Lipinski definition) is 3. The standard InChI is InChI=1S/C16H24N2O2/c1-3-16(19)18-10-8-17(9-11-18)12-13-20-15-7-5-4-6-14(15)2/h4-7H,3,8-13H2,1-2H3. The number of rotatable bonds is 5. The minimum atomic E-state index is 0.265. The maximum Gasteiger partial charge on any atom is 0.222 e. The monoisotopic (exact) mass is 276 g/mol. The van der Waals surface area contributed by atoms with E-state index in [1.165, 1.54) is 5.56 Å². The van der Waals surface area contributed by atoms with Crippen molar-refractivity contribution in [2.45, 2.75) is 20.3 Å². The Morgan fingerprint density at radius 2 is 1.90 bits per heavy atom. The SMILES string of the molecule is CCC(=O)N1CCN(CCOc2ccccc2C)CC1. The molecule has 0 spiro atoms. The number of carbonyl (C=O) groups excluding carboxylic acids is 1. The van der Waals surface area contributed by atoms with Crippen molar-refractivity contribution in [1.29, 1.82) is 0 Å². The molecule has 1 aliphatic heterocycles. The van der Waals surface area contributed by atoms with Gasteiger partial charge in [-0.15, -0.1) is 0 Å². The van der Waals surface area contributed by atoms with Gasteiger partial charge in [-0.1, -0.05) is 25.1 Å². The van der Waals surface area contributed by atoms with Gasteiger partial charge in [-0.05, 0) is 18.6 Å². The molecule has 1 amide bonds. The van der Waals surface area contributed by atoms with Crippen molar-refractivity contribution in [3.8, 4) is 5.75 Å². The normalized spacial score (nSPS) is 16.2. The van der Waals surface area contributed by atoms with E-state index in [2.05, 4.69) is 17.9 Å². The molecule has 0 atom stereocenters. The van der Waals surface area contributed by atoms with E-state index in [0.29, 0.717) is 13.0 Å². The van der Waals surface area contributed by atoms with Crippen LogP contribution < -0.4 is 4.74 Å². The van der Waals surface area contributed by atoms with E-state index in [9.17, 15) is 4.79 Å². The van der Waals surface area contributed by atoms with Crippen LogP contribution in [0.4, 0.5) is 0 Å². The number of piperazine rings is 1. The Bertz CT molecular complexity index is 440. The average molecular weight is 276 g/mol. The number of benzene rings is 1. The van der Waals surface area contributed by atoms with Crippen LogP contribution in [0.3, 0.4) is 0 Å². The fourth-order valence-electron chi connectivity index (χ4n) is 2.45. The highest BCUT2D eigenvalue weighted by Crippen LogP contribution is 2.16. The fourth-order valence-corrected chi connectivity index (χ4v) is 2.45. The molecular weight excluding hydrogens is 252 g/mol. The molecule has 20 heavy (non-hydrogen) atoms. The molecule has 2 rings (SSSR count). The predicted octanol–water partition coefficient (Wildman–Crippen LogP) is 1.93. The third-order valence-electron chi connectivity index (χ3n) is 3.79. The van der Waals surface area contributed by atoms with Crippen LogP contribution in [-0.2, 0) is 4.79 Å². The minimum absolute atomic E-state index is 0.265. The second-order valence-corrected chi connectivity index (χ2v) is 5.19. The molecule has 0 unspecified atom stereocenters. The molecule has 110 valence electrons. The lowest BCUT2D eigenvalue weighted by Gasteiger charge is -2.34. The van der Waals surface area contributed by atoms with Crippen molar-refractivity contribution in [3.63, 3.8) is 0 Å². The quantitative estimate of drug-likeness (QED) is 0.824. The molecule has 1 heterocycles. The Balaban J connectivity index is 1.69. The molecular formula is C16H24N2O2. The molecule has 0 bridgehead atoms. The minimum Gasteiger partial charge on any atom is -0.492 e. The second-order valence-electron chi connectivity index (χ2n) is 5.19. The summed E-state index contributed by atoms with van der Waals surface area (Å²) in [5.74, 6) is 1.23. The molecule has 0 saturated carbocycles. The Hall–Kier alpha value is -1.55. The highest BCUT2D eigenvalue weighted by molar-refractivity contribution is 5.75. The molecule has 1 saturated heterocycles. The molecule has 0 aromatic heterocycles. The van der Waals surface area contributed by atoms with Crippen molar-refractivity contribution >= 4 is 5.91 Å². The number of nitrogens with zero attached hydrogens (tertiary/aromatic N) is 2. The molecule has 0 aliphatic carbocycles. The van der Waals surface area contributed by atoms with Crippen LogP contribution in [0.1, 0.15) is 18.9 Å². The number of hydrogen-bond donors (Lipinski definition) is 0. The first-order valence-corrected chi connectivity index (χ1v) is 7.39. The Morgan fingerprint density at radius 1 is 1.20 bits per heavy atom. The van der Waals surface area contributed by atoms with Crippen LogP contribution in [0.25, 0.3) is 0 Å². The van der Waals surface area contributed by atoms with Crippen molar-refractivity contribution in [2.75, 3.05) is 39.3 Å². The van der Waals surface area contributed by atoms with E-state index >= 15 is 0 Å². The molecule has 0 N–H and O–H groups in total. The van der Waals surface area contributed by atoms with Crippen LogP contribution in [0.15, 0.2) is 24.3 Å². The third kappa shape index (κ3) is 3.97. The number of para-hydroxylation sites is 1. The summed E-state index contributed by atoms with van der Waals surface area (Å²) < 4.78 is 5.81. The summed E-state index contributed by atoms with van der Waals surface area (Å²) in [7, 11) is 0. The van der Waals surface area contributed by atoms with E-state index < -0.39 is 0 Å². The zero-order valence-electron chi connectivity index (χ0n) is 12.5. The lowest BCUT2D eigenvalue weighted by molar-refractivity contribution is -0.132. The maximum absolute atomic E-state index is 11.6. The molecule has 1 fully saturated rings. The summed E-state index contributed by atoms with van der Waals surface area (Å²) >= 11 is 0. The molecule has 4 nitrogen and oxygen atoms in total. The fraction of sp³-hybridized carbons (Fsp3) is 0.562. The summed E-state index contributed by atoms with van der Waals surface area (Å²) in [5, 5.41) is 0.